The van der Waals surface area contributed by atoms with Crippen LogP contribution >= 0.6 is 8.60 Å². The molecule has 55 valence electrons. The molecule has 0 rings (SSSR count). The van der Waals surface area contributed by atoms with Crippen LogP contribution in [0.5, 0.6) is 0 Å². The van der Waals surface area contributed by atoms with Crippen LogP contribution in [0.1, 0.15) is 13.8 Å². The second-order valence-corrected chi connectivity index (χ2v) is 2.12. The minimum Gasteiger partial charge on any atom is -0.328 e. The summed E-state index contributed by atoms with van der Waals surface area (Å²) < 4.78 is 4.43. The van der Waals surface area contributed by atoms with Crippen LogP contribution in [-0.4, -0.2) is 15.9 Å². The summed E-state index contributed by atoms with van der Waals surface area (Å²) in [6.07, 6.45) is -0.0962. The van der Waals surface area contributed by atoms with E-state index in [2.05, 4.69) is 4.52 Å². The fourth-order valence-corrected chi connectivity index (χ4v) is 0.566. The molecule has 0 aliphatic heterocycles. The van der Waals surface area contributed by atoms with E-state index < -0.39 is 8.60 Å². The minimum absolute atomic E-state index is 0. The van der Waals surface area contributed by atoms with Crippen molar-refractivity contribution in [2.24, 2.45) is 0 Å². The Morgan fingerprint density at radius 1 is 1.38 bits per heavy atom. The monoisotopic (exact) mass is 187 g/mol. The topological polar surface area (TPSA) is 49.7 Å². The molecular formula is C3H9CuO3P. The van der Waals surface area contributed by atoms with E-state index in [1.54, 1.807) is 13.8 Å². The summed E-state index contributed by atoms with van der Waals surface area (Å²) in [6, 6.07) is 0. The van der Waals surface area contributed by atoms with Gasteiger partial charge in [-0.1, -0.05) is 0 Å². The van der Waals surface area contributed by atoms with E-state index in [4.69, 9.17) is 9.79 Å². The molecule has 8 heavy (non-hydrogen) atoms. The Balaban J connectivity index is 0. The minimum atomic E-state index is -2.14. The molecule has 0 unspecified atom stereocenters. The quantitative estimate of drug-likeness (QED) is 0.492. The molecule has 0 spiro atoms. The normalized spacial score (nSPS) is 9.75. The molecule has 0 amide bonds. The molecule has 0 aromatic rings. The summed E-state index contributed by atoms with van der Waals surface area (Å²) >= 11 is 0. The molecule has 0 atom stereocenters. The molecule has 5 heteroatoms. The van der Waals surface area contributed by atoms with E-state index in [-0.39, 0.29) is 23.2 Å². The van der Waals surface area contributed by atoms with Crippen molar-refractivity contribution < 1.29 is 31.4 Å². The van der Waals surface area contributed by atoms with Crippen molar-refractivity contribution in [3.05, 3.63) is 0 Å². The van der Waals surface area contributed by atoms with Crippen LogP contribution in [0.3, 0.4) is 0 Å². The van der Waals surface area contributed by atoms with Crippen LogP contribution in [-0.2, 0) is 21.6 Å². The maximum absolute atomic E-state index is 8.12. The fourth-order valence-electron chi connectivity index (χ4n) is 0.189. The summed E-state index contributed by atoms with van der Waals surface area (Å²) in [5.41, 5.74) is 0. The second kappa shape index (κ2) is 5.96. The Morgan fingerprint density at radius 2 is 1.75 bits per heavy atom. The summed E-state index contributed by atoms with van der Waals surface area (Å²) in [7, 11) is -2.14. The molecule has 0 saturated heterocycles. The molecule has 0 aromatic carbocycles. The predicted molar refractivity (Wildman–Crippen MR) is 27.6 cm³/mol. The number of rotatable bonds is 2. The van der Waals surface area contributed by atoms with Crippen molar-refractivity contribution >= 4 is 8.60 Å². The molecule has 0 aliphatic carbocycles. The van der Waals surface area contributed by atoms with Gasteiger partial charge in [-0.05, 0) is 13.8 Å². The zero-order chi connectivity index (χ0) is 5.86. The van der Waals surface area contributed by atoms with E-state index >= 15 is 0 Å². The largest absolute Gasteiger partial charge is 0.328 e. The zero-order valence-corrected chi connectivity index (χ0v) is 6.46. The van der Waals surface area contributed by atoms with Gasteiger partial charge in [0, 0.05) is 17.1 Å². The van der Waals surface area contributed by atoms with Crippen molar-refractivity contribution in [2.75, 3.05) is 0 Å². The third-order valence-electron chi connectivity index (χ3n) is 0.305. The Labute approximate surface area is 60.5 Å². The predicted octanol–water partition coefficient (Wildman–Crippen LogP) is 0.620. The van der Waals surface area contributed by atoms with Gasteiger partial charge in [0.15, 0.2) is 0 Å². The molecule has 3 nitrogen and oxygen atoms in total. The van der Waals surface area contributed by atoms with Gasteiger partial charge in [-0.15, -0.1) is 0 Å². The van der Waals surface area contributed by atoms with E-state index in [0.717, 1.165) is 0 Å². The Hall–Kier alpha value is 0.829. The van der Waals surface area contributed by atoms with Crippen LogP contribution in [0.2, 0.25) is 0 Å². The first-order chi connectivity index (χ1) is 3.13. The van der Waals surface area contributed by atoms with Crippen LogP contribution < -0.4 is 0 Å². The average Bonchev–Trinajstić information content (AvgIpc) is 1.27. The van der Waals surface area contributed by atoms with Gasteiger partial charge in [-0.2, -0.15) is 0 Å². The first-order valence-electron chi connectivity index (χ1n) is 1.97. The Kier molecular flexibility index (Phi) is 8.64. The molecule has 0 fully saturated rings. The van der Waals surface area contributed by atoms with Gasteiger partial charge >= 0.3 is 8.60 Å². The first kappa shape index (κ1) is 11.6. The van der Waals surface area contributed by atoms with Gasteiger partial charge < -0.3 is 14.3 Å². The van der Waals surface area contributed by atoms with Crippen molar-refractivity contribution in [3.63, 3.8) is 0 Å². The maximum atomic E-state index is 8.12. The fraction of sp³-hybridized carbons (Fsp3) is 1.00. The van der Waals surface area contributed by atoms with Crippen LogP contribution in [0.15, 0.2) is 0 Å². The van der Waals surface area contributed by atoms with Crippen molar-refractivity contribution in [2.45, 2.75) is 20.0 Å². The van der Waals surface area contributed by atoms with Gasteiger partial charge in [0.2, 0.25) is 0 Å². The van der Waals surface area contributed by atoms with Crippen molar-refractivity contribution in [1.82, 2.24) is 0 Å². The molecular weight excluding hydrogens is 179 g/mol. The standard InChI is InChI=1S/C3H9O3P.Cu/c1-3(2)6-7(4)5;/h3-5H,1-2H3;. The molecule has 0 saturated carbocycles. The van der Waals surface area contributed by atoms with Gasteiger partial charge in [0.05, 0.1) is 6.10 Å². The molecule has 2 N–H and O–H groups in total. The maximum Gasteiger partial charge on any atom is 0.327 e. The Bertz CT molecular complexity index is 43.8. The number of hydrogen-bond donors (Lipinski definition) is 2. The molecule has 0 aliphatic rings. The van der Waals surface area contributed by atoms with Gasteiger partial charge in [0.1, 0.15) is 0 Å². The summed E-state index contributed by atoms with van der Waals surface area (Å²) in [4.78, 5) is 16.2. The van der Waals surface area contributed by atoms with Gasteiger partial charge in [0.25, 0.3) is 0 Å². The third kappa shape index (κ3) is 9.95. The summed E-state index contributed by atoms with van der Waals surface area (Å²) in [6.45, 7) is 3.48. The average molecular weight is 188 g/mol. The van der Waals surface area contributed by atoms with E-state index in [0.29, 0.717) is 0 Å². The van der Waals surface area contributed by atoms with E-state index in [1.165, 1.54) is 0 Å². The molecule has 0 heterocycles. The van der Waals surface area contributed by atoms with Crippen LogP contribution in [0.25, 0.3) is 0 Å². The van der Waals surface area contributed by atoms with Crippen molar-refractivity contribution in [3.8, 4) is 0 Å². The second-order valence-electron chi connectivity index (χ2n) is 1.41. The smallest absolute Gasteiger partial charge is 0.327 e. The van der Waals surface area contributed by atoms with Gasteiger partial charge in [-0.25, -0.2) is 0 Å². The van der Waals surface area contributed by atoms with Crippen LogP contribution in [0.4, 0.5) is 0 Å². The number of hydrogen-bond acceptors (Lipinski definition) is 3. The summed E-state index contributed by atoms with van der Waals surface area (Å²) in [5, 5.41) is 0. The third-order valence-corrected chi connectivity index (χ3v) is 0.915. The first-order valence-corrected chi connectivity index (χ1v) is 3.14. The molecule has 1 radical (unpaired) electrons. The SMILES string of the molecule is CC(C)OP(O)O.[Cu]. The summed E-state index contributed by atoms with van der Waals surface area (Å²) in [5.74, 6) is 0. The van der Waals surface area contributed by atoms with Crippen molar-refractivity contribution in [1.29, 1.82) is 0 Å². The van der Waals surface area contributed by atoms with Crippen LogP contribution in [0, 0.1) is 0 Å². The zero-order valence-electron chi connectivity index (χ0n) is 4.63. The Morgan fingerprint density at radius 3 is 1.75 bits per heavy atom. The molecule has 0 bridgehead atoms. The van der Waals surface area contributed by atoms with Gasteiger partial charge in [-0.3, -0.25) is 0 Å². The van der Waals surface area contributed by atoms with E-state index in [9.17, 15) is 0 Å². The van der Waals surface area contributed by atoms with E-state index in [1.807, 2.05) is 0 Å². The molecule has 0 aromatic heterocycles.